The average Bonchev–Trinajstić information content (AvgIpc) is 3.06. The van der Waals surface area contributed by atoms with Crippen molar-refractivity contribution in [1.82, 2.24) is 15.1 Å². The minimum absolute atomic E-state index is 0.0141. The van der Waals surface area contributed by atoms with Crippen molar-refractivity contribution in [2.45, 2.75) is 19.9 Å². The third kappa shape index (κ3) is 3.47. The molecule has 0 aliphatic carbocycles. The van der Waals surface area contributed by atoms with E-state index in [4.69, 9.17) is 9.47 Å². The highest BCUT2D eigenvalue weighted by Gasteiger charge is 2.42. The SMILES string of the molecule is CCN(CC)C(=O)CN1C(=O)N[C@@H](c2ccc(OC)cc2)C2=C1COC2=O. The lowest BCUT2D eigenvalue weighted by atomic mass is 9.95. The summed E-state index contributed by atoms with van der Waals surface area (Å²) in [6.07, 6.45) is 0. The molecule has 3 amide bonds. The van der Waals surface area contributed by atoms with E-state index in [0.29, 0.717) is 30.1 Å². The lowest BCUT2D eigenvalue weighted by Crippen LogP contribution is -2.51. The van der Waals surface area contributed by atoms with Crippen molar-refractivity contribution < 1.29 is 23.9 Å². The van der Waals surface area contributed by atoms with Gasteiger partial charge in [0.2, 0.25) is 5.91 Å². The van der Waals surface area contributed by atoms with Crippen LogP contribution < -0.4 is 10.1 Å². The molecule has 8 heteroatoms. The number of ether oxygens (including phenoxy) is 2. The Kier molecular flexibility index (Phi) is 5.34. The minimum atomic E-state index is -0.617. The molecule has 27 heavy (non-hydrogen) atoms. The first-order valence-corrected chi connectivity index (χ1v) is 8.90. The van der Waals surface area contributed by atoms with Gasteiger partial charge >= 0.3 is 12.0 Å². The molecule has 2 heterocycles. The molecular formula is C19H23N3O5. The molecule has 0 bridgehead atoms. The first-order valence-electron chi connectivity index (χ1n) is 8.90. The van der Waals surface area contributed by atoms with E-state index in [1.54, 1.807) is 36.3 Å². The van der Waals surface area contributed by atoms with E-state index in [1.807, 2.05) is 13.8 Å². The summed E-state index contributed by atoms with van der Waals surface area (Å²) < 4.78 is 10.3. The van der Waals surface area contributed by atoms with Gasteiger partial charge in [-0.05, 0) is 31.5 Å². The smallest absolute Gasteiger partial charge is 0.338 e. The maximum Gasteiger partial charge on any atom is 0.338 e. The van der Waals surface area contributed by atoms with Crippen LogP contribution in [0.1, 0.15) is 25.5 Å². The van der Waals surface area contributed by atoms with E-state index in [9.17, 15) is 14.4 Å². The Morgan fingerprint density at radius 2 is 1.93 bits per heavy atom. The number of rotatable bonds is 6. The van der Waals surface area contributed by atoms with Gasteiger partial charge in [0, 0.05) is 13.1 Å². The monoisotopic (exact) mass is 373 g/mol. The summed E-state index contributed by atoms with van der Waals surface area (Å²) >= 11 is 0. The first kappa shape index (κ1) is 18.8. The summed E-state index contributed by atoms with van der Waals surface area (Å²) in [5.74, 6) is 0.0193. The fourth-order valence-electron chi connectivity index (χ4n) is 3.34. The number of cyclic esters (lactones) is 1. The molecule has 2 aliphatic rings. The molecule has 0 saturated heterocycles. The molecule has 0 aromatic heterocycles. The second-order valence-electron chi connectivity index (χ2n) is 6.24. The zero-order chi connectivity index (χ0) is 19.6. The van der Waals surface area contributed by atoms with Crippen LogP contribution in [0.2, 0.25) is 0 Å². The number of methoxy groups -OCH3 is 1. The third-order valence-corrected chi connectivity index (χ3v) is 4.86. The number of hydrogen-bond acceptors (Lipinski definition) is 5. The number of nitrogens with one attached hydrogen (secondary N) is 1. The van der Waals surface area contributed by atoms with E-state index in [2.05, 4.69) is 5.32 Å². The van der Waals surface area contributed by atoms with E-state index >= 15 is 0 Å². The second kappa shape index (κ2) is 7.69. The van der Waals surface area contributed by atoms with Crippen LogP contribution in [0.15, 0.2) is 35.5 Å². The fraction of sp³-hybridized carbons (Fsp3) is 0.421. The minimum Gasteiger partial charge on any atom is -0.497 e. The van der Waals surface area contributed by atoms with Crippen molar-refractivity contribution in [1.29, 1.82) is 0 Å². The summed E-state index contributed by atoms with van der Waals surface area (Å²) in [5.41, 5.74) is 1.56. The topological polar surface area (TPSA) is 88.2 Å². The molecule has 2 aliphatic heterocycles. The standard InChI is InChI=1S/C19H23N3O5/c1-4-21(5-2)15(23)10-22-14-11-27-18(24)16(14)17(20-19(22)25)12-6-8-13(26-3)9-7-12/h6-9,17H,4-5,10-11H2,1-3H3,(H,20,25)/t17-/m0/s1. The van der Waals surface area contributed by atoms with Gasteiger partial charge < -0.3 is 19.7 Å². The number of amides is 3. The van der Waals surface area contributed by atoms with Gasteiger partial charge in [0.25, 0.3) is 0 Å². The largest absolute Gasteiger partial charge is 0.497 e. The Hall–Kier alpha value is -3.03. The van der Waals surface area contributed by atoms with Crippen molar-refractivity contribution in [3.8, 4) is 5.75 Å². The number of hydrogen-bond donors (Lipinski definition) is 1. The Labute approximate surface area is 157 Å². The van der Waals surface area contributed by atoms with Crippen LogP contribution in [0, 0.1) is 0 Å². The van der Waals surface area contributed by atoms with Crippen LogP contribution in [0.3, 0.4) is 0 Å². The molecule has 0 saturated carbocycles. The summed E-state index contributed by atoms with van der Waals surface area (Å²) in [7, 11) is 1.57. The number of nitrogens with zero attached hydrogens (tertiary/aromatic N) is 2. The number of benzene rings is 1. The van der Waals surface area contributed by atoms with Gasteiger partial charge in [-0.25, -0.2) is 9.59 Å². The van der Waals surface area contributed by atoms with Gasteiger partial charge in [0.05, 0.1) is 24.4 Å². The lowest BCUT2D eigenvalue weighted by Gasteiger charge is -2.33. The summed E-state index contributed by atoms with van der Waals surface area (Å²) in [6.45, 7) is 4.73. The zero-order valence-electron chi connectivity index (χ0n) is 15.7. The first-order chi connectivity index (χ1) is 13.0. The van der Waals surface area contributed by atoms with Crippen LogP contribution >= 0.6 is 0 Å². The van der Waals surface area contributed by atoms with Gasteiger partial charge in [-0.2, -0.15) is 0 Å². The lowest BCUT2D eigenvalue weighted by molar-refractivity contribution is -0.136. The Bertz CT molecular complexity index is 783. The molecule has 1 N–H and O–H groups in total. The third-order valence-electron chi connectivity index (χ3n) is 4.86. The Balaban J connectivity index is 1.92. The molecule has 0 spiro atoms. The summed E-state index contributed by atoms with van der Waals surface area (Å²) in [4.78, 5) is 40.4. The highest BCUT2D eigenvalue weighted by atomic mass is 16.5. The van der Waals surface area contributed by atoms with E-state index in [1.165, 1.54) is 4.90 Å². The van der Waals surface area contributed by atoms with Gasteiger partial charge in [-0.3, -0.25) is 9.69 Å². The molecule has 144 valence electrons. The van der Waals surface area contributed by atoms with E-state index < -0.39 is 18.0 Å². The highest BCUT2D eigenvalue weighted by molar-refractivity contribution is 5.98. The predicted molar refractivity (Wildman–Crippen MR) is 96.9 cm³/mol. The fourth-order valence-corrected chi connectivity index (χ4v) is 3.34. The Morgan fingerprint density at radius 1 is 1.26 bits per heavy atom. The molecule has 1 atom stereocenters. The number of likely N-dealkylation sites (N-methyl/N-ethyl adjacent to an activating group) is 1. The average molecular weight is 373 g/mol. The van der Waals surface area contributed by atoms with Crippen LogP contribution in [0.4, 0.5) is 4.79 Å². The second-order valence-corrected chi connectivity index (χ2v) is 6.24. The molecule has 0 radical (unpaired) electrons. The molecule has 8 nitrogen and oxygen atoms in total. The maximum absolute atomic E-state index is 12.7. The summed E-state index contributed by atoms with van der Waals surface area (Å²) in [6, 6.07) is 6.06. The molecule has 1 aromatic rings. The van der Waals surface area contributed by atoms with Crippen LogP contribution in [-0.2, 0) is 14.3 Å². The van der Waals surface area contributed by atoms with E-state index in [-0.39, 0.29) is 19.1 Å². The number of esters is 1. The predicted octanol–water partition coefficient (Wildman–Crippen LogP) is 1.44. The number of carbonyl (C=O) groups is 3. The van der Waals surface area contributed by atoms with Crippen LogP contribution in [-0.4, -0.2) is 61.1 Å². The van der Waals surface area contributed by atoms with Gasteiger partial charge in [-0.15, -0.1) is 0 Å². The number of carbonyl (C=O) groups excluding carboxylic acids is 3. The highest BCUT2D eigenvalue weighted by Crippen LogP contribution is 2.35. The van der Waals surface area contributed by atoms with Crippen molar-refractivity contribution >= 4 is 17.9 Å². The maximum atomic E-state index is 12.7. The van der Waals surface area contributed by atoms with Gasteiger partial charge in [0.1, 0.15) is 18.9 Å². The molecule has 1 aromatic carbocycles. The molecule has 0 fully saturated rings. The molecule has 0 unspecified atom stereocenters. The molecule has 3 rings (SSSR count). The van der Waals surface area contributed by atoms with Crippen molar-refractivity contribution in [3.63, 3.8) is 0 Å². The van der Waals surface area contributed by atoms with Crippen molar-refractivity contribution in [2.24, 2.45) is 0 Å². The molecular weight excluding hydrogens is 350 g/mol. The van der Waals surface area contributed by atoms with Crippen molar-refractivity contribution in [2.75, 3.05) is 33.4 Å². The quantitative estimate of drug-likeness (QED) is 0.763. The zero-order valence-corrected chi connectivity index (χ0v) is 15.7. The van der Waals surface area contributed by atoms with Crippen LogP contribution in [0.25, 0.3) is 0 Å². The van der Waals surface area contributed by atoms with Crippen LogP contribution in [0.5, 0.6) is 5.75 Å². The van der Waals surface area contributed by atoms with E-state index in [0.717, 1.165) is 5.56 Å². The Morgan fingerprint density at radius 3 is 2.52 bits per heavy atom. The normalized spacial score (nSPS) is 18.8. The summed E-state index contributed by atoms with van der Waals surface area (Å²) in [5, 5.41) is 2.82. The van der Waals surface area contributed by atoms with Gasteiger partial charge in [0.15, 0.2) is 0 Å². The number of urea groups is 1. The van der Waals surface area contributed by atoms with Crippen molar-refractivity contribution in [3.05, 3.63) is 41.1 Å². The van der Waals surface area contributed by atoms with Gasteiger partial charge in [-0.1, -0.05) is 12.1 Å².